The molecule has 1 aliphatic carbocycles. The van der Waals surface area contributed by atoms with Crippen LogP contribution in [0, 0.1) is 0 Å². The van der Waals surface area contributed by atoms with Crippen LogP contribution in [0.3, 0.4) is 0 Å². The second-order valence-corrected chi connectivity index (χ2v) is 5.20. The summed E-state index contributed by atoms with van der Waals surface area (Å²) in [5.74, 6) is 0. The second kappa shape index (κ2) is 4.84. The molecule has 1 saturated carbocycles. The van der Waals surface area contributed by atoms with Gasteiger partial charge in [-0.2, -0.15) is 0 Å². The first-order chi connectivity index (χ1) is 6.88. The Hall–Kier alpha value is -0.770. The maximum atomic E-state index is 11.5. The summed E-state index contributed by atoms with van der Waals surface area (Å²) in [6.45, 7) is 5.56. The highest BCUT2D eigenvalue weighted by Crippen LogP contribution is 2.17. The number of carbonyl (C=O) groups is 1. The molecule has 15 heavy (non-hydrogen) atoms. The minimum absolute atomic E-state index is 0.0752. The van der Waals surface area contributed by atoms with Crippen LogP contribution < -0.4 is 11.1 Å². The van der Waals surface area contributed by atoms with Crippen LogP contribution in [0.1, 0.15) is 46.5 Å². The van der Waals surface area contributed by atoms with Crippen LogP contribution in [-0.2, 0) is 4.74 Å². The van der Waals surface area contributed by atoms with Crippen LogP contribution in [0.4, 0.5) is 4.79 Å². The van der Waals surface area contributed by atoms with E-state index in [-0.39, 0.29) is 18.2 Å². The van der Waals surface area contributed by atoms with E-state index in [1.807, 2.05) is 20.8 Å². The summed E-state index contributed by atoms with van der Waals surface area (Å²) < 4.78 is 5.18. The molecule has 1 amide bonds. The maximum Gasteiger partial charge on any atom is 0.407 e. The van der Waals surface area contributed by atoms with E-state index < -0.39 is 5.60 Å². The van der Waals surface area contributed by atoms with Crippen molar-refractivity contribution < 1.29 is 9.53 Å². The number of ether oxygens (including phenoxy) is 1. The SMILES string of the molecule is CC(C)(C)OC(=O)N[C@H]1CCCC[C@@H]1N. The van der Waals surface area contributed by atoms with Crippen LogP contribution >= 0.6 is 0 Å². The van der Waals surface area contributed by atoms with E-state index in [0.29, 0.717) is 0 Å². The summed E-state index contributed by atoms with van der Waals surface area (Å²) in [5, 5.41) is 2.84. The minimum atomic E-state index is -0.442. The molecule has 2 atom stereocenters. The lowest BCUT2D eigenvalue weighted by Crippen LogP contribution is -2.50. The third-order valence-corrected chi connectivity index (χ3v) is 2.52. The van der Waals surface area contributed by atoms with Crippen molar-refractivity contribution in [3.63, 3.8) is 0 Å². The van der Waals surface area contributed by atoms with Crippen LogP contribution in [0.2, 0.25) is 0 Å². The average molecular weight is 214 g/mol. The molecule has 0 spiro atoms. The number of hydrogen-bond acceptors (Lipinski definition) is 3. The largest absolute Gasteiger partial charge is 0.444 e. The first-order valence-corrected chi connectivity index (χ1v) is 5.63. The van der Waals surface area contributed by atoms with Gasteiger partial charge in [0.05, 0.1) is 0 Å². The molecule has 3 N–H and O–H groups in total. The van der Waals surface area contributed by atoms with Gasteiger partial charge in [-0.3, -0.25) is 0 Å². The van der Waals surface area contributed by atoms with E-state index in [0.717, 1.165) is 25.7 Å². The van der Waals surface area contributed by atoms with E-state index in [2.05, 4.69) is 5.32 Å². The van der Waals surface area contributed by atoms with Crippen molar-refractivity contribution in [2.24, 2.45) is 5.73 Å². The molecule has 0 bridgehead atoms. The van der Waals surface area contributed by atoms with Gasteiger partial charge in [0, 0.05) is 12.1 Å². The van der Waals surface area contributed by atoms with Gasteiger partial charge >= 0.3 is 6.09 Å². The number of rotatable bonds is 1. The maximum absolute atomic E-state index is 11.5. The average Bonchev–Trinajstić information content (AvgIpc) is 2.05. The van der Waals surface area contributed by atoms with Crippen molar-refractivity contribution in [1.29, 1.82) is 0 Å². The van der Waals surface area contributed by atoms with Gasteiger partial charge in [-0.05, 0) is 33.6 Å². The number of alkyl carbamates (subject to hydrolysis) is 1. The van der Waals surface area contributed by atoms with Gasteiger partial charge in [0.2, 0.25) is 0 Å². The molecule has 0 aromatic heterocycles. The molecule has 4 heteroatoms. The Morgan fingerprint density at radius 3 is 2.47 bits per heavy atom. The molecule has 0 radical (unpaired) electrons. The van der Waals surface area contributed by atoms with Crippen molar-refractivity contribution in [3.8, 4) is 0 Å². The monoisotopic (exact) mass is 214 g/mol. The van der Waals surface area contributed by atoms with Crippen LogP contribution in [0.15, 0.2) is 0 Å². The van der Waals surface area contributed by atoms with Crippen molar-refractivity contribution in [3.05, 3.63) is 0 Å². The predicted molar refractivity (Wildman–Crippen MR) is 59.6 cm³/mol. The van der Waals surface area contributed by atoms with E-state index >= 15 is 0 Å². The second-order valence-electron chi connectivity index (χ2n) is 5.20. The molecule has 1 rings (SSSR count). The lowest BCUT2D eigenvalue weighted by molar-refractivity contribution is 0.0486. The van der Waals surface area contributed by atoms with Crippen LogP contribution in [-0.4, -0.2) is 23.8 Å². The zero-order chi connectivity index (χ0) is 11.5. The highest BCUT2D eigenvalue weighted by molar-refractivity contribution is 5.68. The topological polar surface area (TPSA) is 64.3 Å². The fraction of sp³-hybridized carbons (Fsp3) is 0.909. The highest BCUT2D eigenvalue weighted by atomic mass is 16.6. The van der Waals surface area contributed by atoms with E-state index in [4.69, 9.17) is 10.5 Å². The molecule has 4 nitrogen and oxygen atoms in total. The number of nitrogens with one attached hydrogen (secondary N) is 1. The van der Waals surface area contributed by atoms with Crippen LogP contribution in [0.25, 0.3) is 0 Å². The molecule has 0 aliphatic heterocycles. The Balaban J connectivity index is 2.36. The summed E-state index contributed by atoms with van der Waals surface area (Å²) in [5.41, 5.74) is 5.48. The summed E-state index contributed by atoms with van der Waals surface area (Å²) in [6.07, 6.45) is 3.88. The molecule has 0 heterocycles. The Kier molecular flexibility index (Phi) is 3.97. The fourth-order valence-corrected chi connectivity index (χ4v) is 1.80. The van der Waals surface area contributed by atoms with E-state index in [1.165, 1.54) is 0 Å². The van der Waals surface area contributed by atoms with Crippen molar-refractivity contribution in [2.45, 2.75) is 64.1 Å². The molecule has 1 fully saturated rings. The summed E-state index contributed by atoms with van der Waals surface area (Å²) >= 11 is 0. The summed E-state index contributed by atoms with van der Waals surface area (Å²) in [7, 11) is 0. The molecule has 0 saturated heterocycles. The predicted octanol–water partition coefficient (Wildman–Crippen LogP) is 1.78. The Bertz CT molecular complexity index is 223. The number of carbonyl (C=O) groups excluding carboxylic acids is 1. The van der Waals surface area contributed by atoms with Gasteiger partial charge in [-0.15, -0.1) is 0 Å². The zero-order valence-corrected chi connectivity index (χ0v) is 9.88. The van der Waals surface area contributed by atoms with Gasteiger partial charge in [0.15, 0.2) is 0 Å². The van der Waals surface area contributed by atoms with Gasteiger partial charge in [-0.1, -0.05) is 12.8 Å². The molecular weight excluding hydrogens is 192 g/mol. The van der Waals surface area contributed by atoms with Crippen molar-refractivity contribution in [2.75, 3.05) is 0 Å². The number of nitrogens with two attached hydrogens (primary N) is 1. The quantitative estimate of drug-likeness (QED) is 0.699. The highest BCUT2D eigenvalue weighted by Gasteiger charge is 2.25. The van der Waals surface area contributed by atoms with Crippen molar-refractivity contribution in [1.82, 2.24) is 5.32 Å². The molecular formula is C11H22N2O2. The lowest BCUT2D eigenvalue weighted by atomic mass is 9.91. The Labute approximate surface area is 91.5 Å². The first kappa shape index (κ1) is 12.3. The van der Waals surface area contributed by atoms with Gasteiger partial charge in [-0.25, -0.2) is 4.79 Å². The molecule has 0 aromatic carbocycles. The Morgan fingerprint density at radius 2 is 1.93 bits per heavy atom. The van der Waals surface area contributed by atoms with Gasteiger partial charge in [0.1, 0.15) is 5.60 Å². The normalized spacial score (nSPS) is 27.2. The summed E-state index contributed by atoms with van der Waals surface area (Å²) in [6, 6.07) is 0.153. The van der Waals surface area contributed by atoms with Crippen molar-refractivity contribution >= 4 is 6.09 Å². The van der Waals surface area contributed by atoms with E-state index in [1.54, 1.807) is 0 Å². The van der Waals surface area contributed by atoms with Gasteiger partial charge in [0.25, 0.3) is 0 Å². The molecule has 88 valence electrons. The summed E-state index contributed by atoms with van der Waals surface area (Å²) in [4.78, 5) is 11.5. The fourth-order valence-electron chi connectivity index (χ4n) is 1.80. The zero-order valence-electron chi connectivity index (χ0n) is 9.88. The van der Waals surface area contributed by atoms with E-state index in [9.17, 15) is 4.79 Å². The molecule has 0 aromatic rings. The lowest BCUT2D eigenvalue weighted by Gasteiger charge is -2.30. The molecule has 0 unspecified atom stereocenters. The number of amides is 1. The molecule has 1 aliphatic rings. The standard InChI is InChI=1S/C11H22N2O2/c1-11(2,3)15-10(14)13-9-7-5-4-6-8(9)12/h8-9H,4-7,12H2,1-3H3,(H,13,14)/t8-,9-/m0/s1. The minimum Gasteiger partial charge on any atom is -0.444 e. The smallest absolute Gasteiger partial charge is 0.407 e. The third kappa shape index (κ3) is 4.51. The first-order valence-electron chi connectivity index (χ1n) is 5.63. The van der Waals surface area contributed by atoms with Gasteiger partial charge < -0.3 is 15.8 Å². The number of hydrogen-bond donors (Lipinski definition) is 2. The van der Waals surface area contributed by atoms with Crippen LogP contribution in [0.5, 0.6) is 0 Å². The Morgan fingerprint density at radius 1 is 1.33 bits per heavy atom. The third-order valence-electron chi connectivity index (χ3n) is 2.52.